The minimum absolute atomic E-state index is 0.0455. The van der Waals surface area contributed by atoms with Crippen LogP contribution in [0.3, 0.4) is 0 Å². The fraction of sp³-hybridized carbons (Fsp3) is 0.172. The van der Waals surface area contributed by atoms with Crippen molar-refractivity contribution in [2.75, 3.05) is 11.9 Å². The first-order valence-corrected chi connectivity index (χ1v) is 13.5. The Balaban J connectivity index is 1.53. The summed E-state index contributed by atoms with van der Waals surface area (Å²) in [6, 6.07) is 12.6. The maximum absolute atomic E-state index is 13.4. The number of carboxylic acids is 1. The van der Waals surface area contributed by atoms with Crippen molar-refractivity contribution in [3.05, 3.63) is 93.9 Å². The van der Waals surface area contributed by atoms with E-state index in [0.717, 1.165) is 11.8 Å². The summed E-state index contributed by atoms with van der Waals surface area (Å²) in [6.07, 6.45) is -10.1. The van der Waals surface area contributed by atoms with E-state index in [-0.39, 0.29) is 44.9 Å². The average molecular weight is 639 g/mol. The molecule has 2 N–H and O–H groups in total. The minimum atomic E-state index is -5.00. The van der Waals surface area contributed by atoms with Crippen LogP contribution < -0.4 is 5.32 Å². The third-order valence-corrected chi connectivity index (χ3v) is 7.93. The molecule has 1 aliphatic heterocycles. The third kappa shape index (κ3) is 7.43. The smallest absolute Gasteiger partial charge is 0.416 e. The molecule has 0 bridgehead atoms. The van der Waals surface area contributed by atoms with E-state index in [2.05, 4.69) is 5.32 Å². The van der Waals surface area contributed by atoms with E-state index in [1.165, 1.54) is 47.4 Å². The van der Waals surface area contributed by atoms with Crippen LogP contribution in [0.15, 0.2) is 71.6 Å². The van der Waals surface area contributed by atoms with E-state index < -0.39 is 41.3 Å². The lowest BCUT2D eigenvalue weighted by atomic mass is 9.96. The third-order valence-electron chi connectivity index (χ3n) is 6.38. The Kier molecular flexibility index (Phi) is 9.02. The van der Waals surface area contributed by atoms with Crippen molar-refractivity contribution in [2.24, 2.45) is 0 Å². The van der Waals surface area contributed by atoms with Gasteiger partial charge in [-0.1, -0.05) is 42.2 Å². The molecule has 1 heterocycles. The first-order chi connectivity index (χ1) is 20.0. The Morgan fingerprint density at radius 1 is 0.884 bits per heavy atom. The van der Waals surface area contributed by atoms with Crippen LogP contribution in [-0.2, 0) is 21.9 Å². The summed E-state index contributed by atoms with van der Waals surface area (Å²) in [5.41, 5.74) is -1.92. The van der Waals surface area contributed by atoms with Crippen molar-refractivity contribution in [3.63, 3.8) is 0 Å². The Labute approximate surface area is 250 Å². The van der Waals surface area contributed by atoms with Gasteiger partial charge < -0.3 is 10.4 Å². The van der Waals surface area contributed by atoms with E-state index in [1.807, 2.05) is 0 Å². The van der Waals surface area contributed by atoms with Gasteiger partial charge in [-0.15, -0.1) is 0 Å². The fourth-order valence-electron chi connectivity index (χ4n) is 4.14. The molecule has 1 saturated heterocycles. The van der Waals surface area contributed by atoms with Gasteiger partial charge in [0.15, 0.2) is 0 Å². The summed E-state index contributed by atoms with van der Waals surface area (Å²) in [4.78, 5) is 38.0. The average Bonchev–Trinajstić information content (AvgIpc) is 3.23. The number of alkyl halides is 6. The Morgan fingerprint density at radius 3 is 2.05 bits per heavy atom. The highest BCUT2D eigenvalue weighted by molar-refractivity contribution is 8.26. The van der Waals surface area contributed by atoms with Crippen LogP contribution in [0.4, 0.5) is 32.0 Å². The van der Waals surface area contributed by atoms with Gasteiger partial charge in [-0.2, -0.15) is 26.3 Å². The lowest BCUT2D eigenvalue weighted by Crippen LogP contribution is -2.31. The molecule has 6 nitrogen and oxygen atoms in total. The standard InChI is InChI=1S/C29H20F6N2O4S2/c1-15(17-3-2-4-18(11-17)19-12-20(28(30,31)32)14-21(13-19)29(33,34)35)24-25(39)37(27(42)43-24)10-9-23(38)36-22-7-5-16(6-8-22)26(40)41/h2-8,11-14H,9-10H2,1H3,(H,36,38)(H,40,41)/b24-15-. The summed E-state index contributed by atoms with van der Waals surface area (Å²) >= 11 is 6.28. The maximum atomic E-state index is 13.4. The van der Waals surface area contributed by atoms with Gasteiger partial charge in [-0.05, 0) is 77.7 Å². The fourth-order valence-corrected chi connectivity index (χ4v) is 5.49. The van der Waals surface area contributed by atoms with E-state index in [0.29, 0.717) is 29.0 Å². The SMILES string of the molecule is C/C(=C1/SC(=S)N(CCC(=O)Nc2ccc(C(=O)O)cc2)C1=O)c1cccc(-c2cc(C(F)(F)F)cc(C(F)(F)F)c2)c1. The normalized spacial score (nSPS) is 15.1. The zero-order valence-corrected chi connectivity index (χ0v) is 23.6. The molecule has 0 atom stereocenters. The number of carboxylic acid groups (broad SMARTS) is 1. The van der Waals surface area contributed by atoms with Crippen molar-refractivity contribution >= 4 is 57.3 Å². The molecule has 1 fully saturated rings. The van der Waals surface area contributed by atoms with Crippen molar-refractivity contribution in [1.29, 1.82) is 0 Å². The highest BCUT2D eigenvalue weighted by Gasteiger charge is 2.37. The number of halogens is 6. The molecule has 2 amide bonds. The Morgan fingerprint density at radius 2 is 1.49 bits per heavy atom. The largest absolute Gasteiger partial charge is 0.478 e. The van der Waals surface area contributed by atoms with Gasteiger partial charge in [0.25, 0.3) is 5.91 Å². The maximum Gasteiger partial charge on any atom is 0.416 e. The molecule has 4 rings (SSSR count). The van der Waals surface area contributed by atoms with Crippen LogP contribution in [0.2, 0.25) is 0 Å². The van der Waals surface area contributed by atoms with Crippen molar-refractivity contribution in [3.8, 4) is 11.1 Å². The number of amides is 2. The number of rotatable bonds is 7. The topological polar surface area (TPSA) is 86.7 Å². The minimum Gasteiger partial charge on any atom is -0.478 e. The van der Waals surface area contributed by atoms with Gasteiger partial charge >= 0.3 is 18.3 Å². The van der Waals surface area contributed by atoms with Gasteiger partial charge in [-0.3, -0.25) is 14.5 Å². The second kappa shape index (κ2) is 12.2. The van der Waals surface area contributed by atoms with E-state index in [9.17, 15) is 40.7 Å². The molecule has 0 radical (unpaired) electrons. The summed E-state index contributed by atoms with van der Waals surface area (Å²) in [7, 11) is 0. The number of carbonyl (C=O) groups is 3. The van der Waals surface area contributed by atoms with Crippen molar-refractivity contribution in [2.45, 2.75) is 25.7 Å². The molecule has 0 saturated carbocycles. The number of hydrogen-bond donors (Lipinski definition) is 2. The molecule has 0 aliphatic carbocycles. The highest BCUT2D eigenvalue weighted by Crippen LogP contribution is 2.40. The van der Waals surface area contributed by atoms with Gasteiger partial charge in [0, 0.05) is 18.7 Å². The summed E-state index contributed by atoms with van der Waals surface area (Å²) in [6.45, 7) is 1.51. The van der Waals surface area contributed by atoms with Crippen LogP contribution in [0, 0.1) is 0 Å². The Bertz CT molecular complexity index is 1620. The molecular weight excluding hydrogens is 618 g/mol. The van der Waals surface area contributed by atoms with Gasteiger partial charge in [0.05, 0.1) is 21.6 Å². The second-order valence-electron chi connectivity index (χ2n) is 9.33. The molecule has 1 aliphatic rings. The second-order valence-corrected chi connectivity index (χ2v) is 11.0. The van der Waals surface area contributed by atoms with Crippen LogP contribution in [0.5, 0.6) is 0 Å². The first kappa shape index (κ1) is 31.8. The number of anilines is 1. The van der Waals surface area contributed by atoms with Gasteiger partial charge in [0.2, 0.25) is 5.91 Å². The lowest BCUT2D eigenvalue weighted by Gasteiger charge is -2.15. The number of nitrogens with one attached hydrogen (secondary N) is 1. The van der Waals surface area contributed by atoms with Crippen LogP contribution in [-0.4, -0.2) is 38.7 Å². The monoisotopic (exact) mass is 638 g/mol. The lowest BCUT2D eigenvalue weighted by molar-refractivity contribution is -0.143. The molecule has 224 valence electrons. The predicted octanol–water partition coefficient (Wildman–Crippen LogP) is 7.71. The molecule has 0 aromatic heterocycles. The summed E-state index contributed by atoms with van der Waals surface area (Å²) in [5.74, 6) is -2.08. The zero-order valence-electron chi connectivity index (χ0n) is 22.0. The van der Waals surface area contributed by atoms with E-state index in [4.69, 9.17) is 17.3 Å². The Hall–Kier alpha value is -4.17. The number of benzene rings is 3. The van der Waals surface area contributed by atoms with Crippen LogP contribution in [0.1, 0.15) is 40.4 Å². The van der Waals surface area contributed by atoms with Crippen LogP contribution >= 0.6 is 24.0 Å². The molecule has 43 heavy (non-hydrogen) atoms. The first-order valence-electron chi connectivity index (χ1n) is 12.3. The van der Waals surface area contributed by atoms with Gasteiger partial charge in [0.1, 0.15) is 4.32 Å². The number of thiocarbonyl (C=S) groups is 1. The molecule has 0 unspecified atom stereocenters. The summed E-state index contributed by atoms with van der Waals surface area (Å²) < 4.78 is 80.4. The van der Waals surface area contributed by atoms with Gasteiger partial charge in [-0.25, -0.2) is 4.79 Å². The molecule has 3 aromatic carbocycles. The number of nitrogens with zero attached hydrogens (tertiary/aromatic N) is 1. The van der Waals surface area contributed by atoms with Crippen molar-refractivity contribution < 1.29 is 45.8 Å². The van der Waals surface area contributed by atoms with Crippen LogP contribution in [0.25, 0.3) is 16.7 Å². The summed E-state index contributed by atoms with van der Waals surface area (Å²) in [5, 5.41) is 11.6. The number of thioether (sulfide) groups is 1. The number of allylic oxidation sites excluding steroid dienone is 1. The van der Waals surface area contributed by atoms with E-state index >= 15 is 0 Å². The highest BCUT2D eigenvalue weighted by atomic mass is 32.2. The zero-order chi connectivity index (χ0) is 31.7. The molecule has 0 spiro atoms. The molecular formula is C29H20F6N2O4S2. The molecule has 14 heteroatoms. The number of carbonyl (C=O) groups excluding carboxylic acids is 2. The number of hydrogen-bond acceptors (Lipinski definition) is 5. The predicted molar refractivity (Wildman–Crippen MR) is 153 cm³/mol. The van der Waals surface area contributed by atoms with E-state index in [1.54, 1.807) is 13.0 Å². The molecule has 3 aromatic rings. The number of aromatic carboxylic acids is 1. The quantitative estimate of drug-likeness (QED) is 0.157. The van der Waals surface area contributed by atoms with Crippen molar-refractivity contribution in [1.82, 2.24) is 4.90 Å².